The summed E-state index contributed by atoms with van der Waals surface area (Å²) in [6, 6.07) is 0. The van der Waals surface area contributed by atoms with Gasteiger partial charge in [0.2, 0.25) is 0 Å². The Morgan fingerprint density at radius 1 is 1.31 bits per heavy atom. The van der Waals surface area contributed by atoms with Crippen molar-refractivity contribution >= 4 is 0 Å². The van der Waals surface area contributed by atoms with Crippen LogP contribution in [0.15, 0.2) is 4.52 Å². The molecule has 3 nitrogen and oxygen atoms in total. The number of fused-ring (bicyclic) bond motifs is 1. The van der Waals surface area contributed by atoms with Gasteiger partial charge in [-0.3, -0.25) is 0 Å². The van der Waals surface area contributed by atoms with Crippen LogP contribution in [0, 0.1) is 0 Å². The zero-order valence-electron chi connectivity index (χ0n) is 8.13. The van der Waals surface area contributed by atoms with E-state index in [4.69, 9.17) is 4.52 Å². The zero-order valence-corrected chi connectivity index (χ0v) is 8.13. The van der Waals surface area contributed by atoms with Crippen molar-refractivity contribution < 1.29 is 9.63 Å². The van der Waals surface area contributed by atoms with Crippen molar-refractivity contribution in [1.82, 2.24) is 5.16 Å². The molecular formula is C10H15NO2. The highest BCUT2D eigenvalue weighted by Crippen LogP contribution is 2.30. The lowest BCUT2D eigenvalue weighted by molar-refractivity contribution is 0.0464. The molecule has 0 amide bonds. The van der Waals surface area contributed by atoms with E-state index in [0.29, 0.717) is 5.76 Å². The van der Waals surface area contributed by atoms with Crippen molar-refractivity contribution in [3.05, 3.63) is 17.0 Å². The van der Waals surface area contributed by atoms with Crippen molar-refractivity contribution in [1.29, 1.82) is 0 Å². The molecule has 72 valence electrons. The lowest BCUT2D eigenvalue weighted by atomic mass is 9.91. The average Bonchev–Trinajstić information content (AvgIpc) is 2.45. The van der Waals surface area contributed by atoms with Gasteiger partial charge in [0.15, 0.2) is 5.76 Å². The van der Waals surface area contributed by atoms with Crippen molar-refractivity contribution in [2.75, 3.05) is 0 Å². The van der Waals surface area contributed by atoms with Gasteiger partial charge in [-0.15, -0.1) is 0 Å². The Bertz CT molecular complexity index is 309. The third-order valence-corrected chi connectivity index (χ3v) is 2.52. The van der Waals surface area contributed by atoms with Gasteiger partial charge in [0.25, 0.3) is 0 Å². The summed E-state index contributed by atoms with van der Waals surface area (Å²) >= 11 is 0. The molecule has 1 aromatic heterocycles. The minimum atomic E-state index is -0.891. The largest absolute Gasteiger partial charge is 0.382 e. The standard InChI is InChI=1S/C10H15NO2/c1-10(2,12)9-7-5-3-4-6-8(7)11-13-9/h12H,3-6H2,1-2H3. The van der Waals surface area contributed by atoms with Crippen LogP contribution in [0.4, 0.5) is 0 Å². The van der Waals surface area contributed by atoms with E-state index in [2.05, 4.69) is 5.16 Å². The molecule has 1 heterocycles. The average molecular weight is 181 g/mol. The molecule has 3 heteroatoms. The van der Waals surface area contributed by atoms with Crippen LogP contribution in [-0.4, -0.2) is 10.3 Å². The number of hydrogen-bond donors (Lipinski definition) is 1. The summed E-state index contributed by atoms with van der Waals surface area (Å²) in [5.74, 6) is 0.655. The van der Waals surface area contributed by atoms with E-state index >= 15 is 0 Å². The molecule has 2 rings (SSSR count). The maximum absolute atomic E-state index is 9.80. The van der Waals surface area contributed by atoms with E-state index in [1.165, 1.54) is 12.8 Å². The number of aromatic nitrogens is 1. The van der Waals surface area contributed by atoms with Gasteiger partial charge in [0.05, 0.1) is 5.69 Å². The Balaban J connectivity index is 2.43. The summed E-state index contributed by atoms with van der Waals surface area (Å²) in [5, 5.41) is 13.8. The quantitative estimate of drug-likeness (QED) is 0.718. The van der Waals surface area contributed by atoms with Crippen LogP contribution in [-0.2, 0) is 18.4 Å². The molecule has 0 saturated heterocycles. The molecule has 1 aromatic rings. The summed E-state index contributed by atoms with van der Waals surface area (Å²) in [4.78, 5) is 0. The van der Waals surface area contributed by atoms with E-state index in [-0.39, 0.29) is 0 Å². The number of aliphatic hydroxyl groups is 1. The number of rotatable bonds is 1. The Hall–Kier alpha value is -0.830. The smallest absolute Gasteiger partial charge is 0.171 e. The predicted molar refractivity (Wildman–Crippen MR) is 48.4 cm³/mol. The van der Waals surface area contributed by atoms with E-state index in [1.807, 2.05) is 0 Å². The van der Waals surface area contributed by atoms with Crippen molar-refractivity contribution in [3.8, 4) is 0 Å². The second-order valence-corrected chi connectivity index (χ2v) is 4.20. The van der Waals surface area contributed by atoms with Crippen LogP contribution in [0.3, 0.4) is 0 Å². The van der Waals surface area contributed by atoms with Crippen LogP contribution >= 0.6 is 0 Å². The normalized spacial score (nSPS) is 17.2. The second-order valence-electron chi connectivity index (χ2n) is 4.20. The minimum absolute atomic E-state index is 0.655. The van der Waals surface area contributed by atoms with Crippen LogP contribution < -0.4 is 0 Å². The van der Waals surface area contributed by atoms with Gasteiger partial charge in [-0.25, -0.2) is 0 Å². The van der Waals surface area contributed by atoms with E-state index < -0.39 is 5.60 Å². The predicted octanol–water partition coefficient (Wildman–Crippen LogP) is 1.78. The molecule has 0 saturated carbocycles. The molecular weight excluding hydrogens is 166 g/mol. The molecule has 0 unspecified atom stereocenters. The highest BCUT2D eigenvalue weighted by atomic mass is 16.5. The van der Waals surface area contributed by atoms with Crippen molar-refractivity contribution in [3.63, 3.8) is 0 Å². The molecule has 1 N–H and O–H groups in total. The maximum Gasteiger partial charge on any atom is 0.171 e. The summed E-state index contributed by atoms with van der Waals surface area (Å²) in [6.45, 7) is 3.48. The zero-order chi connectivity index (χ0) is 9.47. The van der Waals surface area contributed by atoms with Gasteiger partial charge in [-0.05, 0) is 39.5 Å². The van der Waals surface area contributed by atoms with Crippen molar-refractivity contribution in [2.24, 2.45) is 0 Å². The van der Waals surface area contributed by atoms with Crippen LogP contribution in [0.5, 0.6) is 0 Å². The molecule has 0 atom stereocenters. The molecule has 0 fully saturated rings. The SMILES string of the molecule is CC(C)(O)c1onc2c1CCCC2. The van der Waals surface area contributed by atoms with Gasteiger partial charge in [-0.2, -0.15) is 0 Å². The van der Waals surface area contributed by atoms with Crippen molar-refractivity contribution in [2.45, 2.75) is 45.1 Å². The molecule has 0 spiro atoms. The Morgan fingerprint density at radius 3 is 2.69 bits per heavy atom. The lowest BCUT2D eigenvalue weighted by Gasteiger charge is -2.16. The first-order valence-corrected chi connectivity index (χ1v) is 4.79. The Kier molecular flexibility index (Phi) is 1.91. The highest BCUT2D eigenvalue weighted by molar-refractivity contribution is 5.28. The first kappa shape index (κ1) is 8.75. The number of hydrogen-bond acceptors (Lipinski definition) is 3. The van der Waals surface area contributed by atoms with Gasteiger partial charge in [0, 0.05) is 5.56 Å². The fourth-order valence-electron chi connectivity index (χ4n) is 1.87. The monoisotopic (exact) mass is 181 g/mol. The molecule has 0 aliphatic heterocycles. The minimum Gasteiger partial charge on any atom is -0.382 e. The van der Waals surface area contributed by atoms with E-state index in [1.54, 1.807) is 13.8 Å². The summed E-state index contributed by atoms with van der Waals surface area (Å²) in [6.07, 6.45) is 4.36. The van der Waals surface area contributed by atoms with Gasteiger partial charge in [-0.1, -0.05) is 5.16 Å². The fourth-order valence-corrected chi connectivity index (χ4v) is 1.87. The van der Waals surface area contributed by atoms with E-state index in [9.17, 15) is 5.11 Å². The first-order chi connectivity index (χ1) is 6.09. The molecule has 0 aromatic carbocycles. The summed E-state index contributed by atoms with van der Waals surface area (Å²) in [5.41, 5.74) is 1.29. The molecule has 0 bridgehead atoms. The molecule has 13 heavy (non-hydrogen) atoms. The summed E-state index contributed by atoms with van der Waals surface area (Å²) in [7, 11) is 0. The molecule has 1 aliphatic rings. The molecule has 0 radical (unpaired) electrons. The third-order valence-electron chi connectivity index (χ3n) is 2.52. The highest BCUT2D eigenvalue weighted by Gasteiger charge is 2.29. The maximum atomic E-state index is 9.80. The lowest BCUT2D eigenvalue weighted by Crippen LogP contribution is -2.17. The number of aryl methyl sites for hydroxylation is 1. The van der Waals surface area contributed by atoms with Crippen LogP contribution in [0.25, 0.3) is 0 Å². The van der Waals surface area contributed by atoms with Gasteiger partial charge < -0.3 is 9.63 Å². The third kappa shape index (κ3) is 1.48. The Morgan fingerprint density at radius 2 is 2.00 bits per heavy atom. The second kappa shape index (κ2) is 2.84. The molecule has 1 aliphatic carbocycles. The van der Waals surface area contributed by atoms with Gasteiger partial charge in [0.1, 0.15) is 5.60 Å². The Labute approximate surface area is 77.7 Å². The van der Waals surface area contributed by atoms with Gasteiger partial charge >= 0.3 is 0 Å². The van der Waals surface area contributed by atoms with Crippen LogP contribution in [0.2, 0.25) is 0 Å². The van der Waals surface area contributed by atoms with Crippen LogP contribution in [0.1, 0.15) is 43.7 Å². The fraction of sp³-hybridized carbons (Fsp3) is 0.700. The summed E-state index contributed by atoms with van der Waals surface area (Å²) < 4.78 is 5.18. The topological polar surface area (TPSA) is 46.3 Å². The number of nitrogens with zero attached hydrogens (tertiary/aromatic N) is 1. The van der Waals surface area contributed by atoms with E-state index in [0.717, 1.165) is 24.1 Å². The first-order valence-electron chi connectivity index (χ1n) is 4.79.